The maximum Gasteiger partial charge on any atom is 0.0295 e. The molecule has 1 aromatic carbocycles. The van der Waals surface area contributed by atoms with Crippen LogP contribution in [0.5, 0.6) is 0 Å². The molecular formula is C12H19BrN2. The van der Waals surface area contributed by atoms with Gasteiger partial charge in [-0.1, -0.05) is 34.5 Å². The van der Waals surface area contributed by atoms with Gasteiger partial charge in [0.1, 0.15) is 0 Å². The Morgan fingerprint density at radius 1 is 1.33 bits per heavy atom. The molecule has 1 rings (SSSR count). The van der Waals surface area contributed by atoms with Crippen LogP contribution in [0.3, 0.4) is 0 Å². The van der Waals surface area contributed by atoms with E-state index < -0.39 is 0 Å². The summed E-state index contributed by atoms with van der Waals surface area (Å²) in [5, 5.41) is 0. The van der Waals surface area contributed by atoms with Crippen LogP contribution < -0.4 is 11.5 Å². The Morgan fingerprint density at radius 2 is 2.07 bits per heavy atom. The summed E-state index contributed by atoms with van der Waals surface area (Å²) in [6.45, 7) is 2.83. The first-order valence-corrected chi connectivity index (χ1v) is 6.16. The molecule has 0 aliphatic heterocycles. The summed E-state index contributed by atoms with van der Waals surface area (Å²) in [5.74, 6) is 0. The van der Waals surface area contributed by atoms with Gasteiger partial charge in [-0.3, -0.25) is 0 Å². The molecule has 0 spiro atoms. The molecule has 0 amide bonds. The standard InChI is InChI=1S/C12H19BrN2/c1-9-5-6-10(8-11(9)13)12(15)4-2-3-7-14/h5-6,8,12H,2-4,7,14-15H2,1H3/t12-/m0/s1. The number of halogens is 1. The molecule has 3 heteroatoms. The smallest absolute Gasteiger partial charge is 0.0295 e. The average Bonchev–Trinajstić information content (AvgIpc) is 2.22. The molecule has 84 valence electrons. The van der Waals surface area contributed by atoms with Crippen LogP contribution in [-0.2, 0) is 0 Å². The summed E-state index contributed by atoms with van der Waals surface area (Å²) in [5.41, 5.74) is 14.0. The highest BCUT2D eigenvalue weighted by molar-refractivity contribution is 9.10. The van der Waals surface area contributed by atoms with Crippen molar-refractivity contribution in [1.82, 2.24) is 0 Å². The van der Waals surface area contributed by atoms with Gasteiger partial charge in [0.15, 0.2) is 0 Å². The zero-order valence-electron chi connectivity index (χ0n) is 9.17. The zero-order chi connectivity index (χ0) is 11.3. The molecular weight excluding hydrogens is 252 g/mol. The summed E-state index contributed by atoms with van der Waals surface area (Å²) in [7, 11) is 0. The Morgan fingerprint density at radius 3 is 2.67 bits per heavy atom. The SMILES string of the molecule is Cc1ccc([C@@H](N)CCCCN)cc1Br. The molecule has 0 aromatic heterocycles. The first-order valence-electron chi connectivity index (χ1n) is 5.37. The fourth-order valence-electron chi connectivity index (χ4n) is 1.52. The molecule has 0 unspecified atom stereocenters. The van der Waals surface area contributed by atoms with Crippen LogP contribution in [0.15, 0.2) is 22.7 Å². The quantitative estimate of drug-likeness (QED) is 0.809. The maximum atomic E-state index is 6.09. The second-order valence-electron chi connectivity index (χ2n) is 3.90. The van der Waals surface area contributed by atoms with E-state index in [1.54, 1.807) is 0 Å². The number of rotatable bonds is 5. The lowest BCUT2D eigenvalue weighted by molar-refractivity contribution is 0.591. The average molecular weight is 271 g/mol. The normalized spacial score (nSPS) is 12.8. The first kappa shape index (κ1) is 12.7. The highest BCUT2D eigenvalue weighted by atomic mass is 79.9. The van der Waals surface area contributed by atoms with Gasteiger partial charge in [0.05, 0.1) is 0 Å². The van der Waals surface area contributed by atoms with Crippen molar-refractivity contribution in [3.63, 3.8) is 0 Å². The van der Waals surface area contributed by atoms with E-state index in [9.17, 15) is 0 Å². The van der Waals surface area contributed by atoms with Crippen molar-refractivity contribution in [1.29, 1.82) is 0 Å². The summed E-state index contributed by atoms with van der Waals surface area (Å²) in [4.78, 5) is 0. The molecule has 0 fully saturated rings. The van der Waals surface area contributed by atoms with Crippen molar-refractivity contribution in [2.75, 3.05) is 6.54 Å². The van der Waals surface area contributed by atoms with E-state index in [1.165, 1.54) is 11.1 Å². The monoisotopic (exact) mass is 270 g/mol. The molecule has 0 heterocycles. The molecule has 0 bridgehead atoms. The van der Waals surface area contributed by atoms with Crippen molar-refractivity contribution in [2.45, 2.75) is 32.2 Å². The fraction of sp³-hybridized carbons (Fsp3) is 0.500. The number of unbranched alkanes of at least 4 members (excludes halogenated alkanes) is 1. The van der Waals surface area contributed by atoms with Crippen molar-refractivity contribution in [3.8, 4) is 0 Å². The van der Waals surface area contributed by atoms with Crippen molar-refractivity contribution in [2.24, 2.45) is 11.5 Å². The van der Waals surface area contributed by atoms with E-state index in [-0.39, 0.29) is 6.04 Å². The molecule has 2 nitrogen and oxygen atoms in total. The lowest BCUT2D eigenvalue weighted by Gasteiger charge is -2.12. The third-order valence-electron chi connectivity index (χ3n) is 2.59. The summed E-state index contributed by atoms with van der Waals surface area (Å²) in [6.07, 6.45) is 3.16. The molecule has 0 saturated heterocycles. The van der Waals surface area contributed by atoms with Crippen LogP contribution in [-0.4, -0.2) is 6.54 Å². The van der Waals surface area contributed by atoms with Crippen LogP contribution in [0.1, 0.15) is 36.4 Å². The molecule has 0 aliphatic rings. The number of nitrogens with two attached hydrogens (primary N) is 2. The maximum absolute atomic E-state index is 6.09. The lowest BCUT2D eigenvalue weighted by atomic mass is 10.0. The van der Waals surface area contributed by atoms with E-state index in [4.69, 9.17) is 11.5 Å². The van der Waals surface area contributed by atoms with Gasteiger partial charge in [-0.25, -0.2) is 0 Å². The minimum absolute atomic E-state index is 0.133. The van der Waals surface area contributed by atoms with Gasteiger partial charge in [0, 0.05) is 10.5 Å². The Bertz CT molecular complexity index is 312. The molecule has 0 aliphatic carbocycles. The van der Waals surface area contributed by atoms with Crippen LogP contribution in [0.4, 0.5) is 0 Å². The van der Waals surface area contributed by atoms with Crippen molar-refractivity contribution < 1.29 is 0 Å². The lowest BCUT2D eigenvalue weighted by Crippen LogP contribution is -2.11. The molecule has 15 heavy (non-hydrogen) atoms. The van der Waals surface area contributed by atoms with Gasteiger partial charge in [0.25, 0.3) is 0 Å². The van der Waals surface area contributed by atoms with E-state index in [0.29, 0.717) is 0 Å². The molecule has 0 radical (unpaired) electrons. The zero-order valence-corrected chi connectivity index (χ0v) is 10.8. The summed E-state index contributed by atoms with van der Waals surface area (Å²) < 4.78 is 1.13. The van der Waals surface area contributed by atoms with Crippen LogP contribution in [0.2, 0.25) is 0 Å². The topological polar surface area (TPSA) is 52.0 Å². The van der Waals surface area contributed by atoms with E-state index >= 15 is 0 Å². The minimum atomic E-state index is 0.133. The predicted octanol–water partition coefficient (Wildman–Crippen LogP) is 2.89. The summed E-state index contributed by atoms with van der Waals surface area (Å²) >= 11 is 3.52. The minimum Gasteiger partial charge on any atom is -0.330 e. The number of hydrogen-bond acceptors (Lipinski definition) is 2. The first-order chi connectivity index (χ1) is 7.15. The highest BCUT2D eigenvalue weighted by Crippen LogP contribution is 2.23. The Kier molecular flexibility index (Phi) is 5.29. The van der Waals surface area contributed by atoms with Gasteiger partial charge in [-0.05, 0) is 43.5 Å². The second-order valence-corrected chi connectivity index (χ2v) is 4.75. The van der Waals surface area contributed by atoms with Gasteiger partial charge in [0.2, 0.25) is 0 Å². The van der Waals surface area contributed by atoms with Gasteiger partial charge < -0.3 is 11.5 Å². The van der Waals surface area contributed by atoms with Crippen LogP contribution in [0.25, 0.3) is 0 Å². The Balaban J connectivity index is 2.57. The van der Waals surface area contributed by atoms with E-state index in [0.717, 1.165) is 30.3 Å². The van der Waals surface area contributed by atoms with Crippen LogP contribution in [0, 0.1) is 6.92 Å². The molecule has 0 saturated carbocycles. The van der Waals surface area contributed by atoms with Crippen LogP contribution >= 0.6 is 15.9 Å². The van der Waals surface area contributed by atoms with E-state index in [2.05, 4.69) is 41.1 Å². The number of aryl methyl sites for hydroxylation is 1. The van der Waals surface area contributed by atoms with Gasteiger partial charge in [-0.2, -0.15) is 0 Å². The van der Waals surface area contributed by atoms with Gasteiger partial charge in [-0.15, -0.1) is 0 Å². The third kappa shape index (κ3) is 3.93. The Labute approximate surface area is 100 Å². The second kappa shape index (κ2) is 6.26. The van der Waals surface area contributed by atoms with Gasteiger partial charge >= 0.3 is 0 Å². The predicted molar refractivity (Wildman–Crippen MR) is 68.7 cm³/mol. The van der Waals surface area contributed by atoms with Crippen molar-refractivity contribution >= 4 is 15.9 Å². The van der Waals surface area contributed by atoms with Crippen molar-refractivity contribution in [3.05, 3.63) is 33.8 Å². The summed E-state index contributed by atoms with van der Waals surface area (Å²) in [6, 6.07) is 6.45. The Hall–Kier alpha value is -0.380. The molecule has 1 atom stereocenters. The highest BCUT2D eigenvalue weighted by Gasteiger charge is 2.06. The largest absolute Gasteiger partial charge is 0.330 e. The third-order valence-corrected chi connectivity index (χ3v) is 3.45. The number of benzene rings is 1. The molecule has 4 N–H and O–H groups in total. The number of hydrogen-bond donors (Lipinski definition) is 2. The molecule has 1 aromatic rings. The van der Waals surface area contributed by atoms with E-state index in [1.807, 2.05) is 0 Å². The fourth-order valence-corrected chi connectivity index (χ4v) is 1.91.